The number of rotatable bonds is 0. The lowest BCUT2D eigenvalue weighted by Gasteiger charge is -1.99. The number of fused-ring (bicyclic) bond motifs is 1. The molecule has 0 aliphatic carbocycles. The minimum atomic E-state index is 0.639. The SMILES string of the molecule is N#CC#Cc1ccnc2cc(Cl)ccc12. The summed E-state index contributed by atoms with van der Waals surface area (Å²) in [5.74, 6) is 5.13. The van der Waals surface area contributed by atoms with E-state index in [1.54, 1.807) is 30.5 Å². The molecular formula is C12H5ClN2. The number of hydrogen-bond acceptors (Lipinski definition) is 2. The molecule has 0 spiro atoms. The lowest BCUT2D eigenvalue weighted by Crippen LogP contribution is -1.83. The summed E-state index contributed by atoms with van der Waals surface area (Å²) in [7, 11) is 0. The van der Waals surface area contributed by atoms with Crippen molar-refractivity contribution in [3.63, 3.8) is 0 Å². The molecule has 0 N–H and O–H groups in total. The lowest BCUT2D eigenvalue weighted by atomic mass is 10.1. The van der Waals surface area contributed by atoms with Crippen LogP contribution >= 0.6 is 11.6 Å². The smallest absolute Gasteiger partial charge is 0.152 e. The molecule has 2 aromatic rings. The van der Waals surface area contributed by atoms with E-state index in [4.69, 9.17) is 16.9 Å². The van der Waals surface area contributed by atoms with E-state index in [0.29, 0.717) is 5.02 Å². The maximum Gasteiger partial charge on any atom is 0.152 e. The van der Waals surface area contributed by atoms with Gasteiger partial charge in [0.15, 0.2) is 6.07 Å². The summed E-state index contributed by atoms with van der Waals surface area (Å²) in [5.41, 5.74) is 1.57. The Hall–Kier alpha value is -2.03. The topological polar surface area (TPSA) is 36.7 Å². The molecule has 15 heavy (non-hydrogen) atoms. The van der Waals surface area contributed by atoms with Crippen LogP contribution in [0.4, 0.5) is 0 Å². The molecule has 0 atom stereocenters. The molecule has 0 fully saturated rings. The van der Waals surface area contributed by atoms with Gasteiger partial charge in [0.05, 0.1) is 5.52 Å². The van der Waals surface area contributed by atoms with Gasteiger partial charge in [-0.1, -0.05) is 17.7 Å². The highest BCUT2D eigenvalue weighted by Gasteiger charge is 1.99. The van der Waals surface area contributed by atoms with Crippen LogP contribution in [-0.4, -0.2) is 4.98 Å². The number of nitriles is 1. The molecule has 0 saturated heterocycles. The summed E-state index contributed by atoms with van der Waals surface area (Å²) in [6.45, 7) is 0. The Morgan fingerprint density at radius 1 is 1.27 bits per heavy atom. The number of pyridine rings is 1. The molecular weight excluding hydrogens is 208 g/mol. The molecule has 1 aromatic carbocycles. The monoisotopic (exact) mass is 212 g/mol. The van der Waals surface area contributed by atoms with Crippen LogP contribution in [0.2, 0.25) is 5.02 Å². The maximum atomic E-state index is 8.38. The molecule has 0 unspecified atom stereocenters. The van der Waals surface area contributed by atoms with Crippen LogP contribution in [0, 0.1) is 23.2 Å². The average Bonchev–Trinajstić information content (AvgIpc) is 2.25. The molecule has 0 amide bonds. The number of hydrogen-bond donors (Lipinski definition) is 0. The summed E-state index contributed by atoms with van der Waals surface area (Å²) < 4.78 is 0. The zero-order chi connectivity index (χ0) is 10.7. The molecule has 0 aliphatic rings. The fourth-order valence-corrected chi connectivity index (χ4v) is 1.49. The van der Waals surface area contributed by atoms with Crippen LogP contribution in [0.25, 0.3) is 10.9 Å². The Morgan fingerprint density at radius 2 is 2.13 bits per heavy atom. The van der Waals surface area contributed by atoms with Gasteiger partial charge < -0.3 is 0 Å². The van der Waals surface area contributed by atoms with Crippen LogP contribution < -0.4 is 0 Å². The van der Waals surface area contributed by atoms with Crippen LogP contribution in [0.3, 0.4) is 0 Å². The van der Waals surface area contributed by atoms with E-state index in [2.05, 4.69) is 16.8 Å². The third-order valence-corrected chi connectivity index (χ3v) is 2.19. The maximum absolute atomic E-state index is 8.38. The highest BCUT2D eigenvalue weighted by Crippen LogP contribution is 2.19. The van der Waals surface area contributed by atoms with Crippen LogP contribution in [0.5, 0.6) is 0 Å². The molecule has 1 aromatic heterocycles. The Morgan fingerprint density at radius 3 is 2.93 bits per heavy atom. The fourth-order valence-electron chi connectivity index (χ4n) is 1.33. The Bertz CT molecular complexity index is 615. The van der Waals surface area contributed by atoms with Crippen molar-refractivity contribution >= 4 is 22.5 Å². The highest BCUT2D eigenvalue weighted by atomic mass is 35.5. The quantitative estimate of drug-likeness (QED) is 0.630. The second-order valence-corrected chi connectivity index (χ2v) is 3.32. The Balaban J connectivity index is 2.72. The van der Waals surface area contributed by atoms with E-state index in [9.17, 15) is 0 Å². The van der Waals surface area contributed by atoms with Crippen LogP contribution in [-0.2, 0) is 0 Å². The zero-order valence-corrected chi connectivity index (χ0v) is 8.42. The fraction of sp³-hybridized carbons (Fsp3) is 0. The van der Waals surface area contributed by atoms with Crippen molar-refractivity contribution in [3.8, 4) is 17.9 Å². The first-order chi connectivity index (χ1) is 7.31. The lowest BCUT2D eigenvalue weighted by molar-refractivity contribution is 1.40. The van der Waals surface area contributed by atoms with Gasteiger partial charge in [-0.2, -0.15) is 5.26 Å². The molecule has 1 heterocycles. The van der Waals surface area contributed by atoms with Crippen molar-refractivity contribution in [1.29, 1.82) is 5.26 Å². The molecule has 0 radical (unpaired) electrons. The predicted molar refractivity (Wildman–Crippen MR) is 59.2 cm³/mol. The van der Waals surface area contributed by atoms with E-state index >= 15 is 0 Å². The van der Waals surface area contributed by atoms with Gasteiger partial charge in [0.25, 0.3) is 0 Å². The van der Waals surface area contributed by atoms with Crippen molar-refractivity contribution in [2.75, 3.05) is 0 Å². The Labute approximate surface area is 92.1 Å². The number of nitrogens with zero attached hydrogens (tertiary/aromatic N) is 2. The van der Waals surface area contributed by atoms with Crippen molar-refractivity contribution in [1.82, 2.24) is 4.98 Å². The number of halogens is 1. The first-order valence-electron chi connectivity index (χ1n) is 4.25. The summed E-state index contributed by atoms with van der Waals surface area (Å²) in [4.78, 5) is 4.18. The van der Waals surface area contributed by atoms with Gasteiger partial charge in [-0.15, -0.1) is 0 Å². The van der Waals surface area contributed by atoms with E-state index < -0.39 is 0 Å². The van der Waals surface area contributed by atoms with E-state index in [1.165, 1.54) is 0 Å². The van der Waals surface area contributed by atoms with E-state index in [0.717, 1.165) is 16.5 Å². The molecule has 3 heteroatoms. The van der Waals surface area contributed by atoms with Crippen molar-refractivity contribution in [3.05, 3.63) is 41.0 Å². The van der Waals surface area contributed by atoms with Crippen molar-refractivity contribution < 1.29 is 0 Å². The predicted octanol–water partition coefficient (Wildman–Crippen LogP) is 2.76. The normalized spacial score (nSPS) is 9.07. The third kappa shape index (κ3) is 1.91. The standard InChI is InChI=1S/C12H5ClN2/c13-10-3-4-11-9(2-1-6-14)5-7-15-12(11)8-10/h3-5,7-8H. The summed E-state index contributed by atoms with van der Waals surface area (Å²) >= 11 is 5.85. The molecule has 0 aliphatic heterocycles. The van der Waals surface area contributed by atoms with Gasteiger partial charge in [0.1, 0.15) is 0 Å². The van der Waals surface area contributed by atoms with Crippen LogP contribution in [0.1, 0.15) is 5.56 Å². The molecule has 0 bridgehead atoms. The molecule has 2 nitrogen and oxygen atoms in total. The zero-order valence-electron chi connectivity index (χ0n) is 7.66. The van der Waals surface area contributed by atoms with Gasteiger partial charge in [0, 0.05) is 28.1 Å². The minimum absolute atomic E-state index is 0.639. The first kappa shape index (κ1) is 9.52. The summed E-state index contributed by atoms with van der Waals surface area (Å²) in [5, 5.41) is 9.93. The van der Waals surface area contributed by atoms with E-state index in [-0.39, 0.29) is 0 Å². The summed E-state index contributed by atoms with van der Waals surface area (Å²) in [6.07, 6.45) is 1.65. The van der Waals surface area contributed by atoms with E-state index in [1.807, 2.05) is 6.07 Å². The summed E-state index contributed by atoms with van der Waals surface area (Å²) in [6, 6.07) is 8.97. The highest BCUT2D eigenvalue weighted by molar-refractivity contribution is 6.31. The van der Waals surface area contributed by atoms with Crippen LogP contribution in [0.15, 0.2) is 30.5 Å². The minimum Gasteiger partial charge on any atom is -0.256 e. The Kier molecular flexibility index (Phi) is 2.54. The largest absolute Gasteiger partial charge is 0.256 e. The van der Waals surface area contributed by atoms with Gasteiger partial charge in [-0.3, -0.25) is 4.98 Å². The molecule has 2 rings (SSSR count). The van der Waals surface area contributed by atoms with Crippen molar-refractivity contribution in [2.24, 2.45) is 0 Å². The van der Waals surface area contributed by atoms with Crippen molar-refractivity contribution in [2.45, 2.75) is 0 Å². The molecule has 70 valence electrons. The second-order valence-electron chi connectivity index (χ2n) is 2.88. The second kappa shape index (κ2) is 4.00. The first-order valence-corrected chi connectivity index (χ1v) is 4.63. The van der Waals surface area contributed by atoms with Gasteiger partial charge >= 0.3 is 0 Å². The number of aromatic nitrogens is 1. The molecule has 0 saturated carbocycles. The average molecular weight is 213 g/mol. The third-order valence-electron chi connectivity index (χ3n) is 1.96. The van der Waals surface area contributed by atoms with Gasteiger partial charge in [-0.25, -0.2) is 0 Å². The number of benzene rings is 1. The van der Waals surface area contributed by atoms with Gasteiger partial charge in [-0.05, 0) is 24.1 Å². The van der Waals surface area contributed by atoms with Gasteiger partial charge in [0.2, 0.25) is 0 Å².